The van der Waals surface area contributed by atoms with E-state index in [1.165, 1.54) is 0 Å². The van der Waals surface area contributed by atoms with E-state index in [0.717, 1.165) is 41.8 Å². The van der Waals surface area contributed by atoms with Crippen molar-refractivity contribution in [3.8, 4) is 0 Å². The van der Waals surface area contributed by atoms with Crippen LogP contribution in [0.4, 0.5) is 0 Å². The fourth-order valence-electron chi connectivity index (χ4n) is 2.20. The van der Waals surface area contributed by atoms with Crippen LogP contribution in [0, 0.1) is 6.92 Å². The molecular weight excluding hydrogens is 222 g/mol. The van der Waals surface area contributed by atoms with Crippen molar-refractivity contribution in [1.82, 2.24) is 15.3 Å². The zero-order valence-corrected chi connectivity index (χ0v) is 11.4. The molecule has 1 heterocycles. The van der Waals surface area contributed by atoms with Gasteiger partial charge in [0.15, 0.2) is 0 Å². The van der Waals surface area contributed by atoms with Crippen molar-refractivity contribution in [1.29, 1.82) is 0 Å². The van der Waals surface area contributed by atoms with Crippen molar-refractivity contribution in [2.24, 2.45) is 0 Å². The Bertz CT molecular complexity index is 522. The number of nitrogens with one attached hydrogen (secondary N) is 1. The minimum absolute atomic E-state index is 0.490. The van der Waals surface area contributed by atoms with E-state index in [1.807, 2.05) is 31.2 Å². The Labute approximate surface area is 109 Å². The number of aryl methyl sites for hydroxylation is 1. The summed E-state index contributed by atoms with van der Waals surface area (Å²) in [5.41, 5.74) is 4.13. The summed E-state index contributed by atoms with van der Waals surface area (Å²) in [7, 11) is 0. The quantitative estimate of drug-likeness (QED) is 0.877. The van der Waals surface area contributed by atoms with Gasteiger partial charge in [0.05, 0.1) is 22.4 Å². The molecule has 0 spiro atoms. The van der Waals surface area contributed by atoms with Gasteiger partial charge in [0.1, 0.15) is 0 Å². The van der Waals surface area contributed by atoms with Gasteiger partial charge in [-0.25, -0.2) is 9.97 Å². The summed E-state index contributed by atoms with van der Waals surface area (Å²) < 4.78 is 0. The Kier molecular flexibility index (Phi) is 4.26. The van der Waals surface area contributed by atoms with E-state index in [9.17, 15) is 0 Å². The molecule has 2 rings (SSSR count). The van der Waals surface area contributed by atoms with Crippen molar-refractivity contribution >= 4 is 11.0 Å². The highest BCUT2D eigenvalue weighted by molar-refractivity contribution is 5.74. The lowest BCUT2D eigenvalue weighted by Crippen LogP contribution is -2.30. The van der Waals surface area contributed by atoms with E-state index in [4.69, 9.17) is 4.98 Å². The summed E-state index contributed by atoms with van der Waals surface area (Å²) in [6.07, 6.45) is 2.07. The highest BCUT2D eigenvalue weighted by atomic mass is 14.9. The minimum Gasteiger partial charge on any atom is -0.314 e. The first kappa shape index (κ1) is 13.0. The zero-order valence-electron chi connectivity index (χ0n) is 11.4. The van der Waals surface area contributed by atoms with Gasteiger partial charge in [0.2, 0.25) is 0 Å². The molecule has 1 aromatic carbocycles. The fourth-order valence-corrected chi connectivity index (χ4v) is 2.20. The third-order valence-corrected chi connectivity index (χ3v) is 3.27. The third kappa shape index (κ3) is 2.85. The Balaban J connectivity index is 2.29. The molecule has 1 aromatic heterocycles. The number of hydrogen-bond donors (Lipinski definition) is 1. The van der Waals surface area contributed by atoms with Gasteiger partial charge in [-0.05, 0) is 32.0 Å². The molecule has 0 aliphatic heterocycles. The zero-order chi connectivity index (χ0) is 13.0. The van der Waals surface area contributed by atoms with Gasteiger partial charge in [-0.1, -0.05) is 26.0 Å². The average Bonchev–Trinajstić information content (AvgIpc) is 2.39. The van der Waals surface area contributed by atoms with E-state index in [1.54, 1.807) is 0 Å². The molecule has 3 heteroatoms. The number of likely N-dealkylation sites (N-methyl/N-ethyl adjacent to an activating group) is 1. The molecule has 1 atom stereocenters. The van der Waals surface area contributed by atoms with E-state index in [2.05, 4.69) is 24.1 Å². The molecule has 1 N–H and O–H groups in total. The van der Waals surface area contributed by atoms with Crippen LogP contribution in [0.5, 0.6) is 0 Å². The topological polar surface area (TPSA) is 37.8 Å². The second kappa shape index (κ2) is 5.91. The molecule has 0 aliphatic rings. The number of fused-ring (bicyclic) bond motifs is 1. The maximum Gasteiger partial charge on any atom is 0.0890 e. The van der Waals surface area contributed by atoms with Crippen LogP contribution in [0.25, 0.3) is 11.0 Å². The molecule has 0 radical (unpaired) electrons. The number of para-hydroxylation sites is 2. The second-order valence-electron chi connectivity index (χ2n) is 4.61. The molecule has 1 unspecified atom stereocenters. The van der Waals surface area contributed by atoms with Crippen molar-refractivity contribution in [3.63, 3.8) is 0 Å². The molecule has 0 fully saturated rings. The minimum atomic E-state index is 0.490. The first-order valence-corrected chi connectivity index (χ1v) is 6.70. The van der Waals surface area contributed by atoms with Crippen molar-refractivity contribution < 1.29 is 0 Å². The summed E-state index contributed by atoms with van der Waals surface area (Å²) in [5.74, 6) is 0. The van der Waals surface area contributed by atoms with Gasteiger partial charge in [-0.3, -0.25) is 0 Å². The van der Waals surface area contributed by atoms with E-state index in [0.29, 0.717) is 6.04 Å². The molecule has 0 aliphatic carbocycles. The molecule has 0 saturated carbocycles. The number of hydrogen-bond acceptors (Lipinski definition) is 3. The lowest BCUT2D eigenvalue weighted by Gasteiger charge is -2.16. The van der Waals surface area contributed by atoms with Gasteiger partial charge in [-0.15, -0.1) is 0 Å². The number of aromatic nitrogens is 2. The summed E-state index contributed by atoms with van der Waals surface area (Å²) in [5, 5.41) is 3.49. The molecule has 0 saturated heterocycles. The van der Waals surface area contributed by atoms with Gasteiger partial charge in [-0.2, -0.15) is 0 Å². The maximum absolute atomic E-state index is 4.74. The van der Waals surface area contributed by atoms with Crippen LogP contribution >= 0.6 is 0 Å². The van der Waals surface area contributed by atoms with Crippen LogP contribution in [-0.2, 0) is 6.42 Å². The molecule has 0 amide bonds. The van der Waals surface area contributed by atoms with Gasteiger partial charge in [0, 0.05) is 12.5 Å². The highest BCUT2D eigenvalue weighted by Gasteiger charge is 2.11. The summed E-state index contributed by atoms with van der Waals surface area (Å²) in [6, 6.07) is 8.55. The van der Waals surface area contributed by atoms with E-state index in [-0.39, 0.29) is 0 Å². The summed E-state index contributed by atoms with van der Waals surface area (Å²) in [6.45, 7) is 7.39. The number of benzene rings is 1. The Hall–Kier alpha value is -1.48. The number of rotatable bonds is 5. The normalized spacial score (nSPS) is 12.8. The number of nitrogens with zero attached hydrogens (tertiary/aromatic N) is 2. The smallest absolute Gasteiger partial charge is 0.0890 e. The van der Waals surface area contributed by atoms with E-state index >= 15 is 0 Å². The first-order valence-electron chi connectivity index (χ1n) is 6.70. The van der Waals surface area contributed by atoms with Crippen molar-refractivity contribution in [2.75, 3.05) is 6.54 Å². The Morgan fingerprint density at radius 2 is 1.78 bits per heavy atom. The van der Waals surface area contributed by atoms with Crippen LogP contribution in [-0.4, -0.2) is 22.6 Å². The average molecular weight is 243 g/mol. The van der Waals surface area contributed by atoms with Crippen molar-refractivity contribution in [2.45, 2.75) is 39.7 Å². The predicted octanol–water partition coefficient (Wildman–Crippen LogP) is 2.87. The fraction of sp³-hybridized carbons (Fsp3) is 0.467. The largest absolute Gasteiger partial charge is 0.314 e. The molecular formula is C15H21N3. The van der Waals surface area contributed by atoms with Crippen LogP contribution in [0.3, 0.4) is 0 Å². The first-order chi connectivity index (χ1) is 8.74. The van der Waals surface area contributed by atoms with Crippen LogP contribution in [0.2, 0.25) is 0 Å². The van der Waals surface area contributed by atoms with Gasteiger partial charge >= 0.3 is 0 Å². The lowest BCUT2D eigenvalue weighted by atomic mass is 10.1. The SMILES string of the molecule is CCNC(CC)Cc1nc2ccccc2nc1C. The Morgan fingerprint density at radius 1 is 1.11 bits per heavy atom. The Morgan fingerprint density at radius 3 is 2.39 bits per heavy atom. The maximum atomic E-state index is 4.74. The molecule has 2 aromatic rings. The lowest BCUT2D eigenvalue weighted by molar-refractivity contribution is 0.504. The van der Waals surface area contributed by atoms with Crippen molar-refractivity contribution in [3.05, 3.63) is 35.7 Å². The molecule has 3 nitrogen and oxygen atoms in total. The van der Waals surface area contributed by atoms with Gasteiger partial charge in [0.25, 0.3) is 0 Å². The molecule has 0 bridgehead atoms. The third-order valence-electron chi connectivity index (χ3n) is 3.27. The van der Waals surface area contributed by atoms with Crippen LogP contribution < -0.4 is 5.32 Å². The van der Waals surface area contributed by atoms with Gasteiger partial charge < -0.3 is 5.32 Å². The van der Waals surface area contributed by atoms with Crippen LogP contribution in [0.15, 0.2) is 24.3 Å². The summed E-state index contributed by atoms with van der Waals surface area (Å²) in [4.78, 5) is 9.38. The monoisotopic (exact) mass is 243 g/mol. The second-order valence-corrected chi connectivity index (χ2v) is 4.61. The summed E-state index contributed by atoms with van der Waals surface area (Å²) >= 11 is 0. The molecule has 96 valence electrons. The standard InChI is InChI=1S/C15H21N3/c1-4-12(16-5-2)10-15-11(3)17-13-8-6-7-9-14(13)18-15/h6-9,12,16H,4-5,10H2,1-3H3. The highest BCUT2D eigenvalue weighted by Crippen LogP contribution is 2.14. The molecule has 18 heavy (non-hydrogen) atoms. The van der Waals surface area contributed by atoms with Crippen LogP contribution in [0.1, 0.15) is 31.7 Å². The van der Waals surface area contributed by atoms with E-state index < -0.39 is 0 Å². The predicted molar refractivity (Wildman–Crippen MR) is 75.7 cm³/mol.